The molecule has 0 aliphatic heterocycles. The van der Waals surface area contributed by atoms with Crippen LogP contribution in [0.25, 0.3) is 12.2 Å². The van der Waals surface area contributed by atoms with Gasteiger partial charge < -0.3 is 16.2 Å². The van der Waals surface area contributed by atoms with Crippen LogP contribution >= 0.6 is 0 Å². The molecule has 0 amide bonds. The van der Waals surface area contributed by atoms with E-state index in [-0.39, 0.29) is 50.8 Å². The number of allylic oxidation sites excluding steroid dienone is 2. The van der Waals surface area contributed by atoms with Gasteiger partial charge in [-0.15, -0.1) is 0 Å². The van der Waals surface area contributed by atoms with Crippen molar-refractivity contribution in [2.24, 2.45) is 20.4 Å². The van der Waals surface area contributed by atoms with E-state index in [9.17, 15) is 61.5 Å². The largest absolute Gasteiger partial charge is 0.494 e. The monoisotopic (exact) mass is 902 g/mol. The minimum Gasteiger partial charge on any atom is -0.494 e. The summed E-state index contributed by atoms with van der Waals surface area (Å²) < 4.78 is 139. The number of nitrogens with one attached hydrogen (secondary N) is 2. The second-order valence-electron chi connectivity index (χ2n) is 12.3. The predicted octanol–water partition coefficient (Wildman–Crippen LogP) is 3.55. The number of carbonyl (C=O) groups is 2. The molecule has 0 heterocycles. The van der Waals surface area contributed by atoms with Crippen molar-refractivity contribution in [3.05, 3.63) is 98.8 Å². The van der Waals surface area contributed by atoms with Gasteiger partial charge in [-0.1, -0.05) is 0 Å². The van der Waals surface area contributed by atoms with Gasteiger partial charge >= 0.3 is 0 Å². The van der Waals surface area contributed by atoms with E-state index in [0.29, 0.717) is 0 Å². The average molecular weight is 903 g/mol. The quantitative estimate of drug-likeness (QED) is 0.0461. The van der Waals surface area contributed by atoms with Crippen LogP contribution in [0.5, 0.6) is 5.75 Å². The molecule has 23 nitrogen and oxygen atoms in total. The molecule has 0 spiro atoms. The average Bonchev–Trinajstić information content (AvgIpc) is 3.14. The molecule has 0 saturated heterocycles. The van der Waals surface area contributed by atoms with E-state index >= 15 is 0 Å². The van der Waals surface area contributed by atoms with Gasteiger partial charge in [0.2, 0.25) is 11.6 Å². The first-order valence-corrected chi connectivity index (χ1v) is 21.8. The fourth-order valence-corrected chi connectivity index (χ4v) is 8.06. The summed E-state index contributed by atoms with van der Waals surface area (Å²) in [6.07, 6.45) is 1.53. The maximum absolute atomic E-state index is 13.4. The Balaban J connectivity index is 1.20. The lowest BCUT2D eigenvalue weighted by molar-refractivity contribution is 0.105. The van der Waals surface area contributed by atoms with Gasteiger partial charge in [0.1, 0.15) is 15.6 Å². The molecule has 0 unspecified atom stereocenters. The molecule has 6 rings (SSSR count). The second-order valence-corrected chi connectivity index (χ2v) is 17.9. The summed E-state index contributed by atoms with van der Waals surface area (Å²) in [5, 5.41) is 15.9. The van der Waals surface area contributed by atoms with Crippen molar-refractivity contribution in [2.75, 3.05) is 29.4 Å². The molecule has 4 aromatic carbocycles. The molecular formula is C33H26N8O15S4. The van der Waals surface area contributed by atoms with E-state index in [1.165, 1.54) is 49.6 Å². The van der Waals surface area contributed by atoms with Gasteiger partial charge in [-0.2, -0.15) is 54.1 Å². The Hall–Kier alpha value is -6.72. The Labute approximate surface area is 338 Å². The smallest absolute Gasteiger partial charge is 0.296 e. The number of ketones is 2. The van der Waals surface area contributed by atoms with Crippen LogP contribution in [0.15, 0.2) is 107 Å². The number of ether oxygens (including phenoxy) is 1. The third-order valence-electron chi connectivity index (χ3n) is 8.34. The lowest BCUT2D eigenvalue weighted by Crippen LogP contribution is -2.28. The van der Waals surface area contributed by atoms with Crippen molar-refractivity contribution < 1.29 is 66.2 Å². The number of hydrogen-bond donors (Lipinski definition) is 8. The van der Waals surface area contributed by atoms with E-state index in [0.717, 1.165) is 36.4 Å². The van der Waals surface area contributed by atoms with Gasteiger partial charge in [0.25, 0.3) is 40.5 Å². The second kappa shape index (κ2) is 15.5. The summed E-state index contributed by atoms with van der Waals surface area (Å²) in [4.78, 5) is 23.2. The van der Waals surface area contributed by atoms with Crippen molar-refractivity contribution in [3.63, 3.8) is 0 Å². The molecule has 0 saturated carbocycles. The molecule has 2 aliphatic rings. The molecular weight excluding hydrogens is 877 g/mol. The van der Waals surface area contributed by atoms with E-state index in [4.69, 9.17) is 16.2 Å². The molecule has 0 atom stereocenters. The van der Waals surface area contributed by atoms with E-state index in [1.807, 2.05) is 0 Å². The van der Waals surface area contributed by atoms with Crippen LogP contribution in [0.2, 0.25) is 0 Å². The molecule has 10 N–H and O–H groups in total. The number of benzene rings is 4. The maximum Gasteiger partial charge on any atom is 0.296 e. The SMILES string of the molecule is COc1cc(N=Nc2ccc(NN=C3C(=O)c4c(N)cc(S(=O)(=O)O)cc4C=C3S(=O)(=O)O)cc2)ccc1NN=C1C(=O)c2c(N)cc(S(=O)(=O)O)cc2C=C1S(=O)(=O)O. The Morgan fingerprint density at radius 3 is 1.43 bits per heavy atom. The standard InChI is InChI=1S/C33H26N8O15S4/c1-56-25-12-19(6-7-24(25)39-41-31-27(60(53,54)55)11-16-9-21(58(47,48)49)14-23(35)29(16)33(31)43)38-36-17-2-4-18(5-3-17)37-40-30-26(59(50,51)52)10-15-8-20(57(44,45)46)13-22(34)28(15)32(30)42/h2-14,37,39H,34-35H2,1H3,(H,44,45,46)(H,47,48,49)(H,50,51,52)(H,53,54,55). The zero-order valence-electron chi connectivity index (χ0n) is 29.9. The van der Waals surface area contributed by atoms with Gasteiger partial charge in [0, 0.05) is 17.4 Å². The Bertz CT molecular complexity index is 3180. The fourth-order valence-electron chi connectivity index (χ4n) is 5.64. The van der Waals surface area contributed by atoms with Crippen molar-refractivity contribution in [3.8, 4) is 5.75 Å². The zero-order valence-corrected chi connectivity index (χ0v) is 33.1. The number of nitrogens with two attached hydrogens (primary N) is 2. The van der Waals surface area contributed by atoms with Crippen LogP contribution in [0.1, 0.15) is 31.8 Å². The normalized spacial score (nSPS) is 16.0. The number of anilines is 4. The number of methoxy groups -OCH3 is 1. The number of Topliss-reactive ketones (excluding diaryl/α,β-unsaturated/α-hetero) is 2. The molecule has 312 valence electrons. The van der Waals surface area contributed by atoms with E-state index in [1.54, 1.807) is 0 Å². The number of hydrazone groups is 2. The molecule has 27 heteroatoms. The third-order valence-corrected chi connectivity index (χ3v) is 11.7. The number of azo groups is 1. The topological polar surface area (TPSA) is 386 Å². The Morgan fingerprint density at radius 2 is 1.00 bits per heavy atom. The molecule has 0 fully saturated rings. The fraction of sp³-hybridized carbons (Fsp3) is 0.0303. The van der Waals surface area contributed by atoms with Crippen LogP contribution in [0, 0.1) is 0 Å². The maximum atomic E-state index is 13.4. The first kappa shape index (κ1) is 42.9. The molecule has 0 radical (unpaired) electrons. The number of hydrogen-bond acceptors (Lipinski definition) is 19. The number of carbonyl (C=O) groups excluding carboxylic acids is 2. The summed E-state index contributed by atoms with van der Waals surface area (Å²) in [5.41, 5.74) is 13.6. The van der Waals surface area contributed by atoms with Gasteiger partial charge in [0.15, 0.2) is 11.4 Å². The predicted molar refractivity (Wildman–Crippen MR) is 215 cm³/mol. The van der Waals surface area contributed by atoms with Crippen molar-refractivity contribution >= 4 is 110 Å². The van der Waals surface area contributed by atoms with Crippen LogP contribution in [0.4, 0.5) is 34.1 Å². The highest BCUT2D eigenvalue weighted by molar-refractivity contribution is 7.91. The summed E-state index contributed by atoms with van der Waals surface area (Å²) in [7, 11) is -18.6. The molecule has 0 bridgehead atoms. The van der Waals surface area contributed by atoms with Gasteiger partial charge in [0.05, 0.1) is 50.8 Å². The van der Waals surface area contributed by atoms with E-state index in [2.05, 4.69) is 31.3 Å². The number of nitrogens with zero attached hydrogens (tertiary/aromatic N) is 4. The number of nitrogen functional groups attached to an aromatic ring is 2. The lowest BCUT2D eigenvalue weighted by atomic mass is 9.93. The minimum atomic E-state index is -5.13. The summed E-state index contributed by atoms with van der Waals surface area (Å²) in [6, 6.07) is 13.1. The van der Waals surface area contributed by atoms with Crippen LogP contribution in [-0.4, -0.2) is 82.0 Å². The highest BCUT2D eigenvalue weighted by atomic mass is 32.2. The molecule has 2 aliphatic carbocycles. The summed E-state index contributed by atoms with van der Waals surface area (Å²) in [5.74, 6) is -2.13. The first-order valence-electron chi connectivity index (χ1n) is 16.0. The third kappa shape index (κ3) is 8.81. The van der Waals surface area contributed by atoms with Crippen LogP contribution in [-0.2, 0) is 40.5 Å². The highest BCUT2D eigenvalue weighted by Gasteiger charge is 2.36. The van der Waals surface area contributed by atoms with Gasteiger partial charge in [-0.25, -0.2) is 0 Å². The van der Waals surface area contributed by atoms with Crippen LogP contribution < -0.4 is 27.1 Å². The van der Waals surface area contributed by atoms with Crippen molar-refractivity contribution in [1.29, 1.82) is 0 Å². The molecule has 0 aromatic heterocycles. The zero-order chi connectivity index (χ0) is 44.1. The summed E-state index contributed by atoms with van der Waals surface area (Å²) in [6.45, 7) is 0. The lowest BCUT2D eigenvalue weighted by Gasteiger charge is -2.18. The van der Waals surface area contributed by atoms with Crippen molar-refractivity contribution in [1.82, 2.24) is 0 Å². The van der Waals surface area contributed by atoms with Crippen LogP contribution in [0.3, 0.4) is 0 Å². The minimum absolute atomic E-state index is 0.0617. The van der Waals surface area contributed by atoms with Gasteiger partial charge in [-0.05, 0) is 83.9 Å². The van der Waals surface area contributed by atoms with Crippen molar-refractivity contribution in [2.45, 2.75) is 9.79 Å². The first-order chi connectivity index (χ1) is 27.9. The molecule has 60 heavy (non-hydrogen) atoms. The molecule has 4 aromatic rings. The Morgan fingerprint density at radius 1 is 0.567 bits per heavy atom. The number of fused-ring (bicyclic) bond motifs is 2. The Kier molecular flexibility index (Phi) is 11.1. The van der Waals surface area contributed by atoms with Gasteiger partial charge in [-0.3, -0.25) is 38.7 Å². The summed E-state index contributed by atoms with van der Waals surface area (Å²) >= 11 is 0. The van der Waals surface area contributed by atoms with E-state index < -0.39 is 94.4 Å². The highest BCUT2D eigenvalue weighted by Crippen LogP contribution is 2.35. The number of rotatable bonds is 11.